The monoisotopic (exact) mass is 343 g/mol. The molecule has 0 aliphatic rings. The zero-order valence-corrected chi connectivity index (χ0v) is 11.8. The normalized spacial score (nSPS) is 10.3. The highest BCUT2D eigenvalue weighted by molar-refractivity contribution is 9.10. The van der Waals surface area contributed by atoms with Crippen molar-refractivity contribution in [2.45, 2.75) is 0 Å². The summed E-state index contributed by atoms with van der Waals surface area (Å²) in [6, 6.07) is 8.51. The lowest BCUT2D eigenvalue weighted by Gasteiger charge is -2.09. The second-order valence-corrected chi connectivity index (χ2v) is 5.04. The molecule has 0 saturated heterocycles. The van der Waals surface area contributed by atoms with Crippen LogP contribution in [0.5, 0.6) is 5.75 Å². The quantitative estimate of drug-likeness (QED) is 0.802. The average Bonchev–Trinajstić information content (AvgIpc) is 2.32. The molecule has 0 unspecified atom stereocenters. The van der Waals surface area contributed by atoms with Crippen molar-refractivity contribution in [1.82, 2.24) is 0 Å². The molecule has 98 valence electrons. The van der Waals surface area contributed by atoms with Crippen LogP contribution in [0.4, 0.5) is 10.1 Å². The van der Waals surface area contributed by atoms with E-state index in [1.54, 1.807) is 6.07 Å². The molecule has 2 rings (SSSR count). The van der Waals surface area contributed by atoms with E-state index in [0.717, 1.165) is 6.07 Å². The average molecular weight is 345 g/mol. The van der Waals surface area contributed by atoms with Crippen LogP contribution in [0, 0.1) is 5.82 Å². The molecule has 0 spiro atoms. The molecular formula is C13H8BrClFNO2. The predicted octanol–water partition coefficient (Wildman–Crippen LogP) is 4.20. The largest absolute Gasteiger partial charge is 0.506 e. The minimum Gasteiger partial charge on any atom is -0.506 e. The molecule has 0 radical (unpaired) electrons. The fraction of sp³-hybridized carbons (Fsp3) is 0. The van der Waals surface area contributed by atoms with Gasteiger partial charge in [-0.15, -0.1) is 0 Å². The van der Waals surface area contributed by atoms with Crippen molar-refractivity contribution in [2.24, 2.45) is 0 Å². The van der Waals surface area contributed by atoms with Gasteiger partial charge < -0.3 is 10.4 Å². The Morgan fingerprint density at radius 2 is 2.05 bits per heavy atom. The second kappa shape index (κ2) is 5.59. The van der Waals surface area contributed by atoms with Gasteiger partial charge in [0, 0.05) is 4.47 Å². The summed E-state index contributed by atoms with van der Waals surface area (Å²) in [5.74, 6) is -1.57. The summed E-state index contributed by atoms with van der Waals surface area (Å²) < 4.78 is 14.2. The first-order valence-electron chi connectivity index (χ1n) is 5.23. The highest BCUT2D eigenvalue weighted by atomic mass is 79.9. The molecule has 2 aromatic carbocycles. The van der Waals surface area contributed by atoms with Crippen molar-refractivity contribution in [3.63, 3.8) is 0 Å². The number of rotatable bonds is 2. The lowest BCUT2D eigenvalue weighted by molar-refractivity contribution is 0.102. The Hall–Kier alpha value is -1.59. The molecule has 19 heavy (non-hydrogen) atoms. The van der Waals surface area contributed by atoms with Crippen LogP contribution in [0.2, 0.25) is 5.02 Å². The maximum absolute atomic E-state index is 13.6. The van der Waals surface area contributed by atoms with E-state index in [0.29, 0.717) is 4.47 Å². The van der Waals surface area contributed by atoms with Crippen LogP contribution < -0.4 is 5.32 Å². The van der Waals surface area contributed by atoms with Crippen molar-refractivity contribution < 1.29 is 14.3 Å². The van der Waals surface area contributed by atoms with Gasteiger partial charge in [-0.25, -0.2) is 4.39 Å². The molecule has 0 aliphatic carbocycles. The third-order valence-corrected chi connectivity index (χ3v) is 3.21. The summed E-state index contributed by atoms with van der Waals surface area (Å²) in [6.07, 6.45) is 0. The van der Waals surface area contributed by atoms with Crippen molar-refractivity contribution >= 4 is 39.1 Å². The lowest BCUT2D eigenvalue weighted by Crippen LogP contribution is -2.14. The fourth-order valence-corrected chi connectivity index (χ4v) is 2.11. The minimum atomic E-state index is -0.722. The SMILES string of the molecule is O=C(Nc1ccc(Br)cc1O)c1c(F)cccc1Cl. The molecule has 0 fully saturated rings. The Labute approximate surface area is 122 Å². The third kappa shape index (κ3) is 3.05. The number of hydrogen-bond donors (Lipinski definition) is 2. The van der Waals surface area contributed by atoms with Gasteiger partial charge in [-0.3, -0.25) is 4.79 Å². The van der Waals surface area contributed by atoms with Crippen molar-refractivity contribution in [3.8, 4) is 5.75 Å². The van der Waals surface area contributed by atoms with Crippen LogP contribution in [0.25, 0.3) is 0 Å². The summed E-state index contributed by atoms with van der Waals surface area (Å²) >= 11 is 8.96. The molecule has 2 N–H and O–H groups in total. The van der Waals surface area contributed by atoms with Gasteiger partial charge in [-0.1, -0.05) is 33.6 Å². The Kier molecular flexibility index (Phi) is 4.07. The number of amides is 1. The number of phenols is 1. The number of anilines is 1. The van der Waals surface area contributed by atoms with E-state index in [4.69, 9.17) is 11.6 Å². The number of phenolic OH excluding ortho intramolecular Hbond substituents is 1. The zero-order valence-electron chi connectivity index (χ0n) is 9.45. The number of benzene rings is 2. The number of aromatic hydroxyl groups is 1. The van der Waals surface area contributed by atoms with E-state index in [2.05, 4.69) is 21.2 Å². The first-order valence-corrected chi connectivity index (χ1v) is 6.40. The van der Waals surface area contributed by atoms with Crippen molar-refractivity contribution in [3.05, 3.63) is 57.3 Å². The van der Waals surface area contributed by atoms with Crippen LogP contribution in [0.1, 0.15) is 10.4 Å². The van der Waals surface area contributed by atoms with Gasteiger partial charge in [0.25, 0.3) is 5.91 Å². The molecule has 0 aliphatic heterocycles. The van der Waals surface area contributed by atoms with Gasteiger partial charge in [-0.05, 0) is 30.3 Å². The number of hydrogen-bond acceptors (Lipinski definition) is 2. The predicted molar refractivity (Wildman–Crippen MR) is 75.2 cm³/mol. The number of halogens is 3. The van der Waals surface area contributed by atoms with Gasteiger partial charge in [0.05, 0.1) is 16.3 Å². The summed E-state index contributed by atoms with van der Waals surface area (Å²) in [5.41, 5.74) is -0.0843. The minimum absolute atomic E-state index is 0.00843. The smallest absolute Gasteiger partial charge is 0.260 e. The van der Waals surface area contributed by atoms with Gasteiger partial charge in [-0.2, -0.15) is 0 Å². The maximum atomic E-state index is 13.6. The highest BCUT2D eigenvalue weighted by Crippen LogP contribution is 2.28. The van der Waals surface area contributed by atoms with E-state index in [1.165, 1.54) is 24.3 Å². The summed E-state index contributed by atoms with van der Waals surface area (Å²) in [4.78, 5) is 11.9. The molecular weight excluding hydrogens is 337 g/mol. The molecule has 0 heterocycles. The summed E-state index contributed by atoms with van der Waals surface area (Å²) in [6.45, 7) is 0. The third-order valence-electron chi connectivity index (χ3n) is 2.40. The van der Waals surface area contributed by atoms with Crippen LogP contribution in [-0.2, 0) is 0 Å². The van der Waals surface area contributed by atoms with Crippen LogP contribution in [0.3, 0.4) is 0 Å². The van der Waals surface area contributed by atoms with Gasteiger partial charge in [0.1, 0.15) is 11.6 Å². The zero-order chi connectivity index (χ0) is 14.0. The molecule has 0 atom stereocenters. The van der Waals surface area contributed by atoms with E-state index >= 15 is 0 Å². The first kappa shape index (κ1) is 13.8. The maximum Gasteiger partial charge on any atom is 0.260 e. The Balaban J connectivity index is 2.31. The summed E-state index contributed by atoms with van der Waals surface area (Å²) in [5, 5.41) is 12.1. The fourth-order valence-electron chi connectivity index (χ4n) is 1.51. The molecule has 0 saturated carbocycles. The molecule has 1 amide bonds. The number of carbonyl (C=O) groups excluding carboxylic acids is 1. The lowest BCUT2D eigenvalue weighted by atomic mass is 10.2. The molecule has 3 nitrogen and oxygen atoms in total. The van der Waals surface area contributed by atoms with Crippen molar-refractivity contribution in [2.75, 3.05) is 5.32 Å². The van der Waals surface area contributed by atoms with E-state index in [9.17, 15) is 14.3 Å². The van der Waals surface area contributed by atoms with E-state index < -0.39 is 11.7 Å². The summed E-state index contributed by atoms with van der Waals surface area (Å²) in [7, 11) is 0. The molecule has 2 aromatic rings. The van der Waals surface area contributed by atoms with E-state index in [-0.39, 0.29) is 22.0 Å². The van der Waals surface area contributed by atoms with Crippen LogP contribution >= 0.6 is 27.5 Å². The highest BCUT2D eigenvalue weighted by Gasteiger charge is 2.16. The number of nitrogens with one attached hydrogen (secondary N) is 1. The molecule has 0 aromatic heterocycles. The molecule has 6 heteroatoms. The van der Waals surface area contributed by atoms with Crippen molar-refractivity contribution in [1.29, 1.82) is 0 Å². The van der Waals surface area contributed by atoms with Crippen LogP contribution in [0.15, 0.2) is 40.9 Å². The Morgan fingerprint density at radius 1 is 1.32 bits per heavy atom. The van der Waals surface area contributed by atoms with E-state index in [1.807, 2.05) is 0 Å². The van der Waals surface area contributed by atoms with Gasteiger partial charge >= 0.3 is 0 Å². The van der Waals surface area contributed by atoms with Crippen LogP contribution in [-0.4, -0.2) is 11.0 Å². The Bertz CT molecular complexity index is 628. The topological polar surface area (TPSA) is 49.3 Å². The Morgan fingerprint density at radius 3 is 2.68 bits per heavy atom. The van der Waals surface area contributed by atoms with Gasteiger partial charge in [0.2, 0.25) is 0 Å². The first-order chi connectivity index (χ1) is 8.99. The second-order valence-electron chi connectivity index (χ2n) is 3.71. The number of carbonyl (C=O) groups is 1. The standard InChI is InChI=1S/C13H8BrClFNO2/c14-7-4-5-10(11(18)6-7)17-13(19)12-8(15)2-1-3-9(12)16/h1-6,18H,(H,17,19). The van der Waals surface area contributed by atoms with Gasteiger partial charge in [0.15, 0.2) is 0 Å². The molecule has 0 bridgehead atoms.